The number of fused-ring (bicyclic) bond motifs is 1. The summed E-state index contributed by atoms with van der Waals surface area (Å²) in [7, 11) is 1.98. The lowest BCUT2D eigenvalue weighted by atomic mass is 10.1. The molecule has 78 valence electrons. The fraction of sp³-hybridized carbons (Fsp3) is 0.417. The molecule has 1 aliphatic carbocycles. The first-order chi connectivity index (χ1) is 7.31. The quantitative estimate of drug-likeness (QED) is 0.784. The molecule has 0 spiro atoms. The third-order valence-electron chi connectivity index (χ3n) is 3.19. The number of H-pyrrole nitrogens is 1. The molecule has 0 aliphatic heterocycles. The van der Waals surface area contributed by atoms with Gasteiger partial charge in [-0.25, -0.2) is 0 Å². The van der Waals surface area contributed by atoms with E-state index in [-0.39, 0.29) is 0 Å². The highest BCUT2D eigenvalue weighted by Gasteiger charge is 2.28. The van der Waals surface area contributed by atoms with E-state index in [1.807, 2.05) is 7.05 Å². The van der Waals surface area contributed by atoms with E-state index >= 15 is 0 Å². The zero-order valence-corrected chi connectivity index (χ0v) is 9.09. The summed E-state index contributed by atoms with van der Waals surface area (Å²) in [5, 5.41) is 12.1. The first-order valence-corrected chi connectivity index (χ1v) is 5.46. The average Bonchev–Trinajstić information content (AvgIpc) is 2.99. The van der Waals surface area contributed by atoms with E-state index in [0.29, 0.717) is 5.92 Å². The van der Waals surface area contributed by atoms with Gasteiger partial charge in [-0.2, -0.15) is 5.10 Å². The Morgan fingerprint density at radius 1 is 1.40 bits per heavy atom. The second kappa shape index (κ2) is 2.99. The van der Waals surface area contributed by atoms with E-state index in [4.69, 9.17) is 0 Å². The summed E-state index contributed by atoms with van der Waals surface area (Å²) in [4.78, 5) is 0. The van der Waals surface area contributed by atoms with E-state index < -0.39 is 0 Å². The Morgan fingerprint density at radius 3 is 2.87 bits per heavy atom. The predicted molar refractivity (Wildman–Crippen MR) is 62.4 cm³/mol. The Morgan fingerprint density at radius 2 is 2.20 bits per heavy atom. The third kappa shape index (κ3) is 1.23. The topological polar surface area (TPSA) is 40.7 Å². The van der Waals surface area contributed by atoms with Crippen molar-refractivity contribution in [2.24, 2.45) is 0 Å². The van der Waals surface area contributed by atoms with E-state index in [0.717, 1.165) is 5.52 Å². The lowest BCUT2D eigenvalue weighted by Crippen LogP contribution is -1.93. The molecule has 0 radical (unpaired) electrons. The van der Waals surface area contributed by atoms with Crippen LogP contribution in [-0.4, -0.2) is 17.2 Å². The lowest BCUT2D eigenvalue weighted by molar-refractivity contribution is 0.978. The minimum Gasteiger partial charge on any atom is -0.387 e. The number of hydrogen-bond donors (Lipinski definition) is 2. The van der Waals surface area contributed by atoms with Crippen LogP contribution in [0, 0.1) is 6.92 Å². The normalized spacial score (nSPS) is 15.9. The molecule has 0 atom stereocenters. The Hall–Kier alpha value is -1.51. The molecule has 1 aromatic carbocycles. The maximum Gasteiger partial charge on any atom is 0.0944 e. The number of benzene rings is 1. The van der Waals surface area contributed by atoms with Gasteiger partial charge in [0.05, 0.1) is 5.52 Å². The van der Waals surface area contributed by atoms with Crippen molar-refractivity contribution in [1.29, 1.82) is 0 Å². The van der Waals surface area contributed by atoms with Gasteiger partial charge in [0, 0.05) is 29.7 Å². The van der Waals surface area contributed by atoms with Crippen LogP contribution in [0.5, 0.6) is 0 Å². The Labute approximate surface area is 88.9 Å². The standard InChI is InChI=1S/C12H15N3/c1-7-3-6-9-10(11(7)13-2)12(15-14-9)8-4-5-8/h3,6,8,13H,4-5H2,1-2H3,(H,14,15). The minimum absolute atomic E-state index is 0.712. The fourth-order valence-corrected chi connectivity index (χ4v) is 2.23. The van der Waals surface area contributed by atoms with Crippen molar-refractivity contribution in [2.45, 2.75) is 25.7 Å². The van der Waals surface area contributed by atoms with Gasteiger partial charge in [0.25, 0.3) is 0 Å². The van der Waals surface area contributed by atoms with Gasteiger partial charge in [-0.05, 0) is 31.4 Å². The smallest absolute Gasteiger partial charge is 0.0944 e. The zero-order chi connectivity index (χ0) is 10.4. The summed E-state index contributed by atoms with van der Waals surface area (Å²) in [5.41, 5.74) is 4.90. The monoisotopic (exact) mass is 201 g/mol. The fourth-order valence-electron chi connectivity index (χ4n) is 2.23. The van der Waals surface area contributed by atoms with Gasteiger partial charge >= 0.3 is 0 Å². The first kappa shape index (κ1) is 8.77. The highest BCUT2D eigenvalue weighted by Crippen LogP contribution is 2.44. The van der Waals surface area contributed by atoms with Crippen molar-refractivity contribution < 1.29 is 0 Å². The Balaban J connectivity index is 2.33. The van der Waals surface area contributed by atoms with E-state index in [9.17, 15) is 0 Å². The van der Waals surface area contributed by atoms with Gasteiger partial charge in [-0.15, -0.1) is 0 Å². The van der Waals surface area contributed by atoms with Crippen LogP contribution in [0.3, 0.4) is 0 Å². The second-order valence-electron chi connectivity index (χ2n) is 4.31. The van der Waals surface area contributed by atoms with Gasteiger partial charge in [0.2, 0.25) is 0 Å². The van der Waals surface area contributed by atoms with E-state index in [1.165, 1.54) is 35.2 Å². The largest absolute Gasteiger partial charge is 0.387 e. The van der Waals surface area contributed by atoms with Crippen molar-refractivity contribution >= 4 is 16.6 Å². The van der Waals surface area contributed by atoms with Crippen LogP contribution < -0.4 is 5.32 Å². The number of nitrogens with zero attached hydrogens (tertiary/aromatic N) is 1. The first-order valence-electron chi connectivity index (χ1n) is 5.46. The number of nitrogens with one attached hydrogen (secondary N) is 2. The van der Waals surface area contributed by atoms with Crippen LogP contribution in [-0.2, 0) is 0 Å². The summed E-state index contributed by atoms with van der Waals surface area (Å²) in [6, 6.07) is 4.21. The molecule has 0 amide bonds. The van der Waals surface area contributed by atoms with Gasteiger partial charge in [-0.1, -0.05) is 6.07 Å². The van der Waals surface area contributed by atoms with Crippen molar-refractivity contribution in [2.75, 3.05) is 12.4 Å². The van der Waals surface area contributed by atoms with Crippen LogP contribution in [0.2, 0.25) is 0 Å². The molecular formula is C12H15N3. The molecule has 15 heavy (non-hydrogen) atoms. The van der Waals surface area contributed by atoms with Crippen molar-refractivity contribution in [3.63, 3.8) is 0 Å². The molecule has 1 aliphatic rings. The van der Waals surface area contributed by atoms with Crippen LogP contribution in [0.25, 0.3) is 10.9 Å². The molecule has 2 N–H and O–H groups in total. The molecule has 0 unspecified atom stereocenters. The average molecular weight is 201 g/mol. The number of anilines is 1. The van der Waals surface area contributed by atoms with Crippen molar-refractivity contribution in [3.8, 4) is 0 Å². The number of hydrogen-bond acceptors (Lipinski definition) is 2. The zero-order valence-electron chi connectivity index (χ0n) is 9.09. The number of aryl methyl sites for hydroxylation is 1. The molecule has 1 aromatic heterocycles. The summed E-state index contributed by atoms with van der Waals surface area (Å²) < 4.78 is 0. The summed E-state index contributed by atoms with van der Waals surface area (Å²) in [6.07, 6.45) is 2.60. The molecular weight excluding hydrogens is 186 g/mol. The summed E-state index contributed by atoms with van der Waals surface area (Å²) in [5.74, 6) is 0.712. The van der Waals surface area contributed by atoms with Crippen LogP contribution >= 0.6 is 0 Å². The Bertz CT molecular complexity index is 509. The van der Waals surface area contributed by atoms with Gasteiger partial charge < -0.3 is 5.32 Å². The van der Waals surface area contributed by atoms with Crippen LogP contribution in [0.15, 0.2) is 12.1 Å². The molecule has 1 fully saturated rings. The van der Waals surface area contributed by atoms with E-state index in [1.54, 1.807) is 0 Å². The molecule has 3 nitrogen and oxygen atoms in total. The molecule has 3 rings (SSSR count). The van der Waals surface area contributed by atoms with Gasteiger partial charge in [0.1, 0.15) is 0 Å². The third-order valence-corrected chi connectivity index (χ3v) is 3.19. The summed E-state index contributed by atoms with van der Waals surface area (Å²) >= 11 is 0. The van der Waals surface area contributed by atoms with E-state index in [2.05, 4.69) is 34.6 Å². The molecule has 0 bridgehead atoms. The number of aromatic nitrogens is 2. The lowest BCUT2D eigenvalue weighted by Gasteiger charge is -2.07. The highest BCUT2D eigenvalue weighted by molar-refractivity contribution is 5.95. The highest BCUT2D eigenvalue weighted by atomic mass is 15.1. The number of rotatable bonds is 2. The van der Waals surface area contributed by atoms with Crippen LogP contribution in [0.1, 0.15) is 30.0 Å². The van der Waals surface area contributed by atoms with Gasteiger partial charge in [-0.3, -0.25) is 5.10 Å². The molecule has 1 saturated carbocycles. The Kier molecular flexibility index (Phi) is 1.75. The molecule has 1 heterocycles. The van der Waals surface area contributed by atoms with Crippen LogP contribution in [0.4, 0.5) is 5.69 Å². The predicted octanol–water partition coefficient (Wildman–Crippen LogP) is 2.79. The number of aromatic amines is 1. The SMILES string of the molecule is CNc1c(C)ccc2n[nH]c(C3CC3)c12. The minimum atomic E-state index is 0.712. The van der Waals surface area contributed by atoms with Crippen molar-refractivity contribution in [1.82, 2.24) is 10.2 Å². The second-order valence-corrected chi connectivity index (χ2v) is 4.31. The maximum absolute atomic E-state index is 4.36. The molecule has 2 aromatic rings. The summed E-state index contributed by atoms with van der Waals surface area (Å²) in [6.45, 7) is 2.13. The maximum atomic E-state index is 4.36. The molecule has 3 heteroatoms. The van der Waals surface area contributed by atoms with Gasteiger partial charge in [0.15, 0.2) is 0 Å². The van der Waals surface area contributed by atoms with Crippen molar-refractivity contribution in [3.05, 3.63) is 23.4 Å². The molecule has 0 saturated heterocycles.